The maximum atomic E-state index is 13.3. The van der Waals surface area contributed by atoms with E-state index in [0.717, 1.165) is 40.8 Å². The van der Waals surface area contributed by atoms with E-state index < -0.39 is 0 Å². The quantitative estimate of drug-likeness (QED) is 0.500. The predicted octanol–water partition coefficient (Wildman–Crippen LogP) is 3.68. The molecule has 31 heavy (non-hydrogen) atoms. The van der Waals surface area contributed by atoms with E-state index in [-0.39, 0.29) is 11.9 Å². The van der Waals surface area contributed by atoms with Crippen LogP contribution in [-0.2, 0) is 13.1 Å². The first kappa shape index (κ1) is 19.5. The van der Waals surface area contributed by atoms with Crippen molar-refractivity contribution in [3.8, 4) is 0 Å². The molecule has 0 saturated heterocycles. The SMILES string of the molecule is Cc1nn(Cc2ccccc2)c2nc(C3CC3)cc(C(=O)N[C@H](C)Cn3cccn3)c12. The summed E-state index contributed by atoms with van der Waals surface area (Å²) in [4.78, 5) is 18.3. The van der Waals surface area contributed by atoms with E-state index in [1.54, 1.807) is 6.20 Å². The third-order valence-electron chi connectivity index (χ3n) is 5.71. The topological polar surface area (TPSA) is 77.6 Å². The second-order valence-electron chi connectivity index (χ2n) is 8.40. The van der Waals surface area contributed by atoms with Gasteiger partial charge in [0.25, 0.3) is 5.91 Å². The smallest absolute Gasteiger partial charge is 0.252 e. The van der Waals surface area contributed by atoms with Crippen LogP contribution in [0.15, 0.2) is 54.9 Å². The first-order valence-corrected chi connectivity index (χ1v) is 10.8. The van der Waals surface area contributed by atoms with Crippen molar-refractivity contribution in [1.82, 2.24) is 29.9 Å². The predicted molar refractivity (Wildman–Crippen MR) is 119 cm³/mol. The van der Waals surface area contributed by atoms with Crippen LogP contribution in [0.5, 0.6) is 0 Å². The van der Waals surface area contributed by atoms with Crippen molar-refractivity contribution in [3.63, 3.8) is 0 Å². The molecular formula is C24H26N6O. The summed E-state index contributed by atoms with van der Waals surface area (Å²) in [6.07, 6.45) is 5.89. The van der Waals surface area contributed by atoms with Gasteiger partial charge in [-0.1, -0.05) is 30.3 Å². The minimum atomic E-state index is -0.0867. The fourth-order valence-electron chi connectivity index (χ4n) is 4.04. The molecule has 0 spiro atoms. The molecule has 1 N–H and O–H groups in total. The number of fused-ring (bicyclic) bond motifs is 1. The zero-order valence-electron chi connectivity index (χ0n) is 17.8. The van der Waals surface area contributed by atoms with Gasteiger partial charge in [-0.05, 0) is 44.4 Å². The molecule has 0 unspecified atom stereocenters. The third kappa shape index (κ3) is 4.08. The Morgan fingerprint density at radius 3 is 2.74 bits per heavy atom. The summed E-state index contributed by atoms with van der Waals surface area (Å²) in [5, 5.41) is 13.0. The molecule has 1 aliphatic carbocycles. The minimum absolute atomic E-state index is 0.0559. The molecule has 7 heteroatoms. The lowest BCUT2D eigenvalue weighted by Gasteiger charge is -2.15. The van der Waals surface area contributed by atoms with Gasteiger partial charge in [0.15, 0.2) is 5.65 Å². The largest absolute Gasteiger partial charge is 0.348 e. The zero-order valence-corrected chi connectivity index (χ0v) is 17.8. The average Bonchev–Trinajstić information content (AvgIpc) is 3.41. The third-order valence-corrected chi connectivity index (χ3v) is 5.71. The van der Waals surface area contributed by atoms with E-state index in [9.17, 15) is 4.79 Å². The molecule has 1 amide bonds. The Morgan fingerprint density at radius 2 is 2.03 bits per heavy atom. The molecule has 7 nitrogen and oxygen atoms in total. The summed E-state index contributed by atoms with van der Waals surface area (Å²) in [5.41, 5.74) is 4.42. The molecule has 5 rings (SSSR count). The Labute approximate surface area is 181 Å². The standard InChI is InChI=1S/C24H26N6O/c1-16(14-29-12-6-11-25-29)26-24(31)20-13-21(19-9-10-19)27-23-22(20)17(2)28-30(23)15-18-7-4-3-5-8-18/h3-8,11-13,16,19H,9-10,14-15H2,1-2H3,(H,26,31)/t16-/m1/s1. The first-order valence-electron chi connectivity index (χ1n) is 10.8. The summed E-state index contributed by atoms with van der Waals surface area (Å²) in [7, 11) is 0. The number of aromatic nitrogens is 5. The van der Waals surface area contributed by atoms with Gasteiger partial charge in [-0.25, -0.2) is 9.67 Å². The highest BCUT2D eigenvalue weighted by Gasteiger charge is 2.29. The van der Waals surface area contributed by atoms with Crippen molar-refractivity contribution in [2.45, 2.75) is 51.7 Å². The fraction of sp³-hybridized carbons (Fsp3) is 0.333. The van der Waals surface area contributed by atoms with Crippen molar-refractivity contribution < 1.29 is 4.79 Å². The molecule has 0 radical (unpaired) electrons. The highest BCUT2D eigenvalue weighted by atomic mass is 16.1. The molecule has 0 bridgehead atoms. The number of hydrogen-bond donors (Lipinski definition) is 1. The number of benzene rings is 1. The highest BCUT2D eigenvalue weighted by Crippen LogP contribution is 2.40. The number of carbonyl (C=O) groups excluding carboxylic acids is 1. The van der Waals surface area contributed by atoms with Gasteiger partial charge in [-0.3, -0.25) is 9.48 Å². The van der Waals surface area contributed by atoms with Crippen LogP contribution in [0.3, 0.4) is 0 Å². The van der Waals surface area contributed by atoms with Crippen LogP contribution in [0.25, 0.3) is 11.0 Å². The van der Waals surface area contributed by atoms with E-state index in [2.05, 4.69) is 22.5 Å². The van der Waals surface area contributed by atoms with Crippen LogP contribution in [0.1, 0.15) is 53.0 Å². The van der Waals surface area contributed by atoms with Crippen LogP contribution in [0.4, 0.5) is 0 Å². The van der Waals surface area contributed by atoms with Crippen molar-refractivity contribution >= 4 is 16.9 Å². The molecule has 0 aliphatic heterocycles. The number of amides is 1. The normalized spacial score (nSPS) is 14.6. The van der Waals surface area contributed by atoms with Crippen molar-refractivity contribution in [1.29, 1.82) is 0 Å². The lowest BCUT2D eigenvalue weighted by atomic mass is 10.1. The number of pyridine rings is 1. The van der Waals surface area contributed by atoms with Gasteiger partial charge in [0.1, 0.15) is 0 Å². The molecular weight excluding hydrogens is 388 g/mol. The molecule has 1 saturated carbocycles. The van der Waals surface area contributed by atoms with Crippen molar-refractivity contribution in [2.24, 2.45) is 0 Å². The van der Waals surface area contributed by atoms with Crippen LogP contribution in [0.2, 0.25) is 0 Å². The lowest BCUT2D eigenvalue weighted by Crippen LogP contribution is -2.36. The minimum Gasteiger partial charge on any atom is -0.348 e. The number of carbonyl (C=O) groups is 1. The fourth-order valence-corrected chi connectivity index (χ4v) is 4.04. The monoisotopic (exact) mass is 414 g/mol. The average molecular weight is 415 g/mol. The molecule has 4 aromatic rings. The maximum absolute atomic E-state index is 13.3. The van der Waals surface area contributed by atoms with Crippen molar-refractivity contribution in [2.75, 3.05) is 0 Å². The van der Waals surface area contributed by atoms with Gasteiger partial charge in [0.05, 0.1) is 29.7 Å². The summed E-state index contributed by atoms with van der Waals surface area (Å²) >= 11 is 0. The zero-order chi connectivity index (χ0) is 21.4. The molecule has 3 heterocycles. The van der Waals surface area contributed by atoms with E-state index in [1.807, 2.05) is 59.7 Å². The Balaban J connectivity index is 1.50. The van der Waals surface area contributed by atoms with E-state index >= 15 is 0 Å². The Hall–Kier alpha value is -3.48. The Morgan fingerprint density at radius 1 is 1.23 bits per heavy atom. The van der Waals surface area contributed by atoms with E-state index in [4.69, 9.17) is 10.1 Å². The second-order valence-corrected chi connectivity index (χ2v) is 8.40. The number of hydrogen-bond acceptors (Lipinski definition) is 4. The van der Waals surface area contributed by atoms with Gasteiger partial charge < -0.3 is 5.32 Å². The number of nitrogens with zero attached hydrogens (tertiary/aromatic N) is 5. The molecule has 158 valence electrons. The summed E-state index contributed by atoms with van der Waals surface area (Å²) in [6, 6.07) is 14.0. The van der Waals surface area contributed by atoms with Gasteiger partial charge in [-0.2, -0.15) is 10.2 Å². The van der Waals surface area contributed by atoms with Crippen LogP contribution in [-0.4, -0.2) is 36.5 Å². The van der Waals surface area contributed by atoms with Crippen LogP contribution >= 0.6 is 0 Å². The molecule has 1 aliphatic rings. The first-order chi connectivity index (χ1) is 15.1. The molecule has 1 aromatic carbocycles. The summed E-state index contributed by atoms with van der Waals surface area (Å²) < 4.78 is 3.75. The maximum Gasteiger partial charge on any atom is 0.252 e. The lowest BCUT2D eigenvalue weighted by molar-refractivity contribution is 0.0937. The number of rotatable bonds is 7. The molecule has 3 aromatic heterocycles. The summed E-state index contributed by atoms with van der Waals surface area (Å²) in [5.74, 6) is 0.356. The molecule has 1 fully saturated rings. The Kier molecular flexibility index (Phi) is 5.02. The molecule has 1 atom stereocenters. The van der Waals surface area contributed by atoms with Gasteiger partial charge in [0.2, 0.25) is 0 Å². The number of nitrogens with one attached hydrogen (secondary N) is 1. The van der Waals surface area contributed by atoms with Crippen LogP contribution < -0.4 is 5.32 Å². The van der Waals surface area contributed by atoms with Crippen LogP contribution in [0, 0.1) is 6.92 Å². The van der Waals surface area contributed by atoms with Crippen molar-refractivity contribution in [3.05, 3.63) is 77.4 Å². The van der Waals surface area contributed by atoms with Gasteiger partial charge >= 0.3 is 0 Å². The van der Waals surface area contributed by atoms with E-state index in [1.165, 1.54) is 0 Å². The summed E-state index contributed by atoms with van der Waals surface area (Å²) in [6.45, 7) is 5.19. The van der Waals surface area contributed by atoms with E-state index in [0.29, 0.717) is 24.6 Å². The van der Waals surface area contributed by atoms with Gasteiger partial charge in [0, 0.05) is 30.0 Å². The number of aryl methyl sites for hydroxylation is 1. The highest BCUT2D eigenvalue weighted by molar-refractivity contribution is 6.06. The second kappa shape index (κ2) is 7.98. The van der Waals surface area contributed by atoms with Gasteiger partial charge in [-0.15, -0.1) is 0 Å². The Bertz CT molecular complexity index is 1210.